The fourth-order valence-electron chi connectivity index (χ4n) is 1.77. The Morgan fingerprint density at radius 1 is 1.50 bits per heavy atom. The van der Waals surface area contributed by atoms with Crippen molar-refractivity contribution in [2.75, 3.05) is 20.2 Å². The van der Waals surface area contributed by atoms with E-state index in [-0.39, 0.29) is 5.97 Å². The molecular weight excluding hydrogens is 206 g/mol. The van der Waals surface area contributed by atoms with Crippen molar-refractivity contribution in [2.24, 2.45) is 5.92 Å². The van der Waals surface area contributed by atoms with Gasteiger partial charge in [-0.25, -0.2) is 0 Å². The summed E-state index contributed by atoms with van der Waals surface area (Å²) < 4.78 is 4.53. The summed E-state index contributed by atoms with van der Waals surface area (Å²) in [6.07, 6.45) is 1.94. The van der Waals surface area contributed by atoms with Gasteiger partial charge in [-0.1, -0.05) is 13.8 Å². The quantitative estimate of drug-likeness (QED) is 0.489. The third kappa shape index (κ3) is 8.68. The van der Waals surface area contributed by atoms with E-state index in [0.717, 1.165) is 19.4 Å². The fraction of sp³-hybridized carbons (Fsp3) is 0.917. The van der Waals surface area contributed by atoms with Crippen molar-refractivity contribution in [3.63, 3.8) is 0 Å². The highest BCUT2D eigenvalue weighted by atomic mass is 16.5. The summed E-state index contributed by atoms with van der Waals surface area (Å²) in [6.45, 7) is 7.30. The highest BCUT2D eigenvalue weighted by Crippen LogP contribution is 2.14. The number of aliphatic hydroxyl groups is 1. The molecule has 0 aromatic rings. The minimum absolute atomic E-state index is 0.184. The number of hydrogen-bond acceptors (Lipinski definition) is 4. The molecule has 1 atom stereocenters. The highest BCUT2D eigenvalue weighted by Gasteiger charge is 2.20. The van der Waals surface area contributed by atoms with E-state index >= 15 is 0 Å². The van der Waals surface area contributed by atoms with Gasteiger partial charge in [-0.2, -0.15) is 0 Å². The lowest BCUT2D eigenvalue weighted by Gasteiger charge is -2.25. The lowest BCUT2D eigenvalue weighted by molar-refractivity contribution is -0.140. The van der Waals surface area contributed by atoms with Crippen molar-refractivity contribution in [3.8, 4) is 0 Å². The number of esters is 1. The molecule has 0 heterocycles. The Morgan fingerprint density at radius 2 is 2.12 bits per heavy atom. The number of methoxy groups -OCH3 is 1. The minimum atomic E-state index is -0.667. The summed E-state index contributed by atoms with van der Waals surface area (Å²) >= 11 is 0. The normalized spacial score (nSPS) is 14.9. The zero-order chi connectivity index (χ0) is 12.6. The van der Waals surface area contributed by atoms with E-state index in [4.69, 9.17) is 0 Å². The van der Waals surface area contributed by atoms with Crippen LogP contribution in [0.5, 0.6) is 0 Å². The molecule has 0 fully saturated rings. The average Bonchev–Trinajstić information content (AvgIpc) is 2.14. The highest BCUT2D eigenvalue weighted by molar-refractivity contribution is 5.69. The Morgan fingerprint density at radius 3 is 2.62 bits per heavy atom. The first-order valence-electron chi connectivity index (χ1n) is 5.87. The van der Waals surface area contributed by atoms with Gasteiger partial charge in [0, 0.05) is 13.0 Å². The topological polar surface area (TPSA) is 58.6 Å². The summed E-state index contributed by atoms with van der Waals surface area (Å²) in [6, 6.07) is 0. The molecule has 0 rings (SSSR count). The van der Waals surface area contributed by atoms with Gasteiger partial charge in [0.15, 0.2) is 0 Å². The maximum atomic E-state index is 10.8. The SMILES string of the molecule is COC(=O)CCCNCC(C)(O)CC(C)C. The molecule has 0 amide bonds. The summed E-state index contributed by atoms with van der Waals surface area (Å²) in [7, 11) is 1.39. The predicted molar refractivity (Wildman–Crippen MR) is 64.2 cm³/mol. The molecular formula is C12H25NO3. The fourth-order valence-corrected chi connectivity index (χ4v) is 1.77. The zero-order valence-electron chi connectivity index (χ0n) is 10.9. The first-order valence-corrected chi connectivity index (χ1v) is 5.87. The molecule has 96 valence electrons. The van der Waals surface area contributed by atoms with E-state index in [2.05, 4.69) is 23.9 Å². The molecule has 0 saturated heterocycles. The molecule has 0 aromatic carbocycles. The van der Waals surface area contributed by atoms with Crippen molar-refractivity contribution >= 4 is 5.97 Å². The maximum Gasteiger partial charge on any atom is 0.305 e. The van der Waals surface area contributed by atoms with Crippen LogP contribution < -0.4 is 5.32 Å². The van der Waals surface area contributed by atoms with E-state index < -0.39 is 5.60 Å². The summed E-state index contributed by atoms with van der Waals surface area (Å²) in [5.74, 6) is 0.294. The standard InChI is InChI=1S/C12H25NO3/c1-10(2)8-12(3,15)9-13-7-5-6-11(14)16-4/h10,13,15H,5-9H2,1-4H3. The number of hydrogen-bond donors (Lipinski definition) is 2. The van der Waals surface area contributed by atoms with Gasteiger partial charge in [0.25, 0.3) is 0 Å². The molecule has 4 heteroatoms. The van der Waals surface area contributed by atoms with Gasteiger partial charge in [-0.3, -0.25) is 4.79 Å². The van der Waals surface area contributed by atoms with Crippen molar-refractivity contribution < 1.29 is 14.6 Å². The van der Waals surface area contributed by atoms with Crippen molar-refractivity contribution in [1.29, 1.82) is 0 Å². The number of rotatable bonds is 8. The van der Waals surface area contributed by atoms with Gasteiger partial charge >= 0.3 is 5.97 Å². The number of carbonyl (C=O) groups excluding carboxylic acids is 1. The van der Waals surface area contributed by atoms with Crippen LogP contribution in [0.2, 0.25) is 0 Å². The van der Waals surface area contributed by atoms with Crippen LogP contribution in [0, 0.1) is 5.92 Å². The molecule has 0 bridgehead atoms. The first kappa shape index (κ1) is 15.4. The molecule has 0 aliphatic carbocycles. The molecule has 0 aliphatic rings. The molecule has 0 aliphatic heterocycles. The molecule has 16 heavy (non-hydrogen) atoms. The van der Waals surface area contributed by atoms with E-state index in [9.17, 15) is 9.90 Å². The van der Waals surface area contributed by atoms with E-state index in [1.165, 1.54) is 7.11 Å². The second kappa shape index (κ2) is 7.63. The van der Waals surface area contributed by atoms with Gasteiger partial charge in [-0.05, 0) is 32.2 Å². The second-order valence-electron chi connectivity index (χ2n) is 4.95. The molecule has 2 N–H and O–H groups in total. The van der Waals surface area contributed by atoms with Crippen LogP contribution in [0.3, 0.4) is 0 Å². The van der Waals surface area contributed by atoms with Gasteiger partial charge in [-0.15, -0.1) is 0 Å². The zero-order valence-corrected chi connectivity index (χ0v) is 10.9. The van der Waals surface area contributed by atoms with E-state index in [0.29, 0.717) is 18.9 Å². The van der Waals surface area contributed by atoms with Crippen LogP contribution in [0.1, 0.15) is 40.0 Å². The smallest absolute Gasteiger partial charge is 0.305 e. The van der Waals surface area contributed by atoms with Crippen molar-refractivity contribution in [2.45, 2.75) is 45.6 Å². The average molecular weight is 231 g/mol. The second-order valence-corrected chi connectivity index (χ2v) is 4.95. The summed E-state index contributed by atoms with van der Waals surface area (Å²) in [5, 5.41) is 13.1. The van der Waals surface area contributed by atoms with E-state index in [1.54, 1.807) is 0 Å². The molecule has 4 nitrogen and oxygen atoms in total. The third-order valence-electron chi connectivity index (χ3n) is 2.32. The van der Waals surface area contributed by atoms with Crippen LogP contribution in [0.15, 0.2) is 0 Å². The Bertz CT molecular complexity index is 202. The summed E-state index contributed by atoms with van der Waals surface area (Å²) in [5.41, 5.74) is -0.667. The Labute approximate surface area is 98.4 Å². The van der Waals surface area contributed by atoms with Crippen LogP contribution in [-0.2, 0) is 9.53 Å². The van der Waals surface area contributed by atoms with Gasteiger partial charge in [0.1, 0.15) is 0 Å². The maximum absolute atomic E-state index is 10.8. The lowest BCUT2D eigenvalue weighted by atomic mass is 9.94. The lowest BCUT2D eigenvalue weighted by Crippen LogP contribution is -2.39. The van der Waals surface area contributed by atoms with Gasteiger partial charge in [0.2, 0.25) is 0 Å². The molecule has 0 aromatic heterocycles. The van der Waals surface area contributed by atoms with Crippen LogP contribution >= 0.6 is 0 Å². The molecule has 1 unspecified atom stereocenters. The minimum Gasteiger partial charge on any atom is -0.469 e. The van der Waals surface area contributed by atoms with Crippen LogP contribution in [0.4, 0.5) is 0 Å². The van der Waals surface area contributed by atoms with Crippen LogP contribution in [0.25, 0.3) is 0 Å². The number of ether oxygens (including phenoxy) is 1. The van der Waals surface area contributed by atoms with Crippen molar-refractivity contribution in [3.05, 3.63) is 0 Å². The largest absolute Gasteiger partial charge is 0.469 e. The monoisotopic (exact) mass is 231 g/mol. The van der Waals surface area contributed by atoms with Gasteiger partial charge in [0.05, 0.1) is 12.7 Å². The molecule has 0 radical (unpaired) electrons. The van der Waals surface area contributed by atoms with Crippen molar-refractivity contribution in [1.82, 2.24) is 5.32 Å². The predicted octanol–water partition coefficient (Wildman–Crippen LogP) is 1.33. The van der Waals surface area contributed by atoms with Gasteiger partial charge < -0.3 is 15.2 Å². The molecule has 0 spiro atoms. The van der Waals surface area contributed by atoms with Crippen LogP contribution in [-0.4, -0.2) is 36.9 Å². The Kier molecular flexibility index (Phi) is 7.34. The number of nitrogens with one attached hydrogen (secondary N) is 1. The molecule has 0 saturated carbocycles. The number of carbonyl (C=O) groups is 1. The summed E-state index contributed by atoms with van der Waals surface area (Å²) in [4.78, 5) is 10.8. The third-order valence-corrected chi connectivity index (χ3v) is 2.32. The Balaban J connectivity index is 3.54. The van der Waals surface area contributed by atoms with E-state index in [1.807, 2.05) is 6.92 Å². The first-order chi connectivity index (χ1) is 7.37. The Hall–Kier alpha value is -0.610.